The van der Waals surface area contributed by atoms with Gasteiger partial charge in [-0.15, -0.1) is 0 Å². The quantitative estimate of drug-likeness (QED) is 0.731. The van der Waals surface area contributed by atoms with Crippen molar-refractivity contribution >= 4 is 53.4 Å². The molecule has 3 N–H and O–H groups in total. The highest BCUT2D eigenvalue weighted by Crippen LogP contribution is 2.19. The molecule has 106 valence electrons. The topological polar surface area (TPSA) is 115 Å². The molecule has 0 aliphatic carbocycles. The van der Waals surface area contributed by atoms with Gasteiger partial charge in [-0.3, -0.25) is 4.79 Å². The number of halogens is 2. The molecule has 1 heterocycles. The van der Waals surface area contributed by atoms with Crippen LogP contribution in [0.25, 0.3) is 0 Å². The average molecular weight is 416 g/mol. The first-order chi connectivity index (χ1) is 8.69. The van der Waals surface area contributed by atoms with Crippen LogP contribution in [0.1, 0.15) is 6.42 Å². The van der Waals surface area contributed by atoms with Crippen molar-refractivity contribution in [3.05, 3.63) is 15.4 Å². The van der Waals surface area contributed by atoms with Crippen molar-refractivity contribution in [3.63, 3.8) is 0 Å². The molecular formula is C9H12Br2N4O3S. The largest absolute Gasteiger partial charge is 0.320 e. The van der Waals surface area contributed by atoms with Gasteiger partial charge >= 0.3 is 0 Å². The highest BCUT2D eigenvalue weighted by molar-refractivity contribution is 9.11. The van der Waals surface area contributed by atoms with Crippen molar-refractivity contribution in [1.29, 1.82) is 0 Å². The molecule has 1 amide bonds. The lowest BCUT2D eigenvalue weighted by Gasteiger charge is -2.11. The number of amides is 1. The van der Waals surface area contributed by atoms with E-state index in [1.807, 2.05) is 0 Å². The number of carbonyl (C=O) groups is 1. The van der Waals surface area contributed by atoms with E-state index in [0.29, 0.717) is 9.21 Å². The molecule has 0 bridgehead atoms. The van der Waals surface area contributed by atoms with Gasteiger partial charge in [-0.1, -0.05) is 0 Å². The van der Waals surface area contributed by atoms with E-state index >= 15 is 0 Å². The number of hydrogen-bond donors (Lipinski definition) is 2. The number of rotatable bonds is 5. The lowest BCUT2D eigenvalue weighted by molar-refractivity contribution is -0.117. The molecule has 1 atom stereocenters. The van der Waals surface area contributed by atoms with Gasteiger partial charge in [0.15, 0.2) is 5.82 Å². The molecule has 10 heteroatoms. The summed E-state index contributed by atoms with van der Waals surface area (Å²) < 4.78 is 22.8. The van der Waals surface area contributed by atoms with Crippen molar-refractivity contribution in [2.45, 2.75) is 12.5 Å². The van der Waals surface area contributed by atoms with Crippen LogP contribution in [0.2, 0.25) is 0 Å². The van der Waals surface area contributed by atoms with Gasteiger partial charge in [0.2, 0.25) is 5.91 Å². The maximum Gasteiger partial charge on any atom is 0.242 e. The molecule has 0 saturated heterocycles. The zero-order valence-corrected chi connectivity index (χ0v) is 13.9. The smallest absolute Gasteiger partial charge is 0.242 e. The van der Waals surface area contributed by atoms with E-state index in [1.54, 1.807) is 0 Å². The summed E-state index contributed by atoms with van der Waals surface area (Å²) in [5.74, 6) is -0.432. The van der Waals surface area contributed by atoms with Gasteiger partial charge in [-0.05, 0) is 38.3 Å². The molecule has 7 nitrogen and oxygen atoms in total. The number of anilines is 1. The molecule has 1 aromatic rings. The van der Waals surface area contributed by atoms with Crippen LogP contribution in [-0.2, 0) is 14.6 Å². The van der Waals surface area contributed by atoms with Crippen molar-refractivity contribution in [2.24, 2.45) is 5.73 Å². The molecule has 1 aromatic heterocycles. The number of nitrogens with two attached hydrogens (primary N) is 1. The Hall–Kier alpha value is -0.580. The molecule has 0 saturated carbocycles. The van der Waals surface area contributed by atoms with E-state index in [1.165, 1.54) is 6.20 Å². The predicted octanol–water partition coefficient (Wildman–Crippen LogP) is 0.702. The molecule has 0 fully saturated rings. The minimum absolute atomic E-state index is 0.0479. The summed E-state index contributed by atoms with van der Waals surface area (Å²) >= 11 is 6.27. The summed E-state index contributed by atoms with van der Waals surface area (Å²) in [6.45, 7) is 0. The Morgan fingerprint density at radius 3 is 2.68 bits per heavy atom. The first-order valence-corrected chi connectivity index (χ1v) is 8.76. The third kappa shape index (κ3) is 5.93. The van der Waals surface area contributed by atoms with E-state index in [4.69, 9.17) is 5.73 Å². The van der Waals surface area contributed by atoms with Crippen molar-refractivity contribution in [1.82, 2.24) is 9.97 Å². The fraction of sp³-hybridized carbons (Fsp3) is 0.444. The lowest BCUT2D eigenvalue weighted by atomic mass is 10.2. The standard InChI is InChI=1S/C9H12Br2N4O3S/c1-19(17,18)3-2-5(12)9(16)15-8-7(11)14-6(10)4-13-8/h4-5H,2-3,12H2,1H3,(H,13,15,16). The van der Waals surface area contributed by atoms with Gasteiger partial charge in [0.05, 0.1) is 18.0 Å². The zero-order chi connectivity index (χ0) is 14.6. The molecule has 0 radical (unpaired) electrons. The third-order valence-corrected chi connectivity index (χ3v) is 3.99. The number of sulfone groups is 1. The number of carbonyl (C=O) groups excluding carboxylic acids is 1. The summed E-state index contributed by atoms with van der Waals surface area (Å²) in [4.78, 5) is 19.7. The lowest BCUT2D eigenvalue weighted by Crippen LogP contribution is -2.37. The van der Waals surface area contributed by atoms with Crippen LogP contribution < -0.4 is 11.1 Å². The van der Waals surface area contributed by atoms with Crippen molar-refractivity contribution < 1.29 is 13.2 Å². The van der Waals surface area contributed by atoms with E-state index in [9.17, 15) is 13.2 Å². The Morgan fingerprint density at radius 1 is 1.53 bits per heavy atom. The monoisotopic (exact) mass is 414 g/mol. The highest BCUT2D eigenvalue weighted by Gasteiger charge is 2.17. The van der Waals surface area contributed by atoms with Gasteiger partial charge in [0.25, 0.3) is 0 Å². The Balaban J connectivity index is 2.64. The third-order valence-electron chi connectivity index (χ3n) is 2.08. The van der Waals surface area contributed by atoms with Crippen molar-refractivity contribution in [3.8, 4) is 0 Å². The zero-order valence-electron chi connectivity index (χ0n) is 9.93. The maximum atomic E-state index is 11.7. The summed E-state index contributed by atoms with van der Waals surface area (Å²) in [5.41, 5.74) is 5.60. The Morgan fingerprint density at radius 2 is 2.16 bits per heavy atom. The van der Waals surface area contributed by atoms with Crippen LogP contribution in [0.4, 0.5) is 5.82 Å². The Kier molecular flexibility index (Phi) is 5.83. The average Bonchev–Trinajstić information content (AvgIpc) is 2.28. The van der Waals surface area contributed by atoms with Crippen LogP contribution in [-0.4, -0.2) is 42.3 Å². The predicted molar refractivity (Wildman–Crippen MR) is 78.4 cm³/mol. The van der Waals surface area contributed by atoms with Crippen LogP contribution in [0.3, 0.4) is 0 Å². The summed E-state index contributed by atoms with van der Waals surface area (Å²) in [6, 6.07) is -0.924. The minimum Gasteiger partial charge on any atom is -0.320 e. The molecule has 0 aliphatic rings. The normalized spacial score (nSPS) is 13.1. The van der Waals surface area contributed by atoms with Gasteiger partial charge in [0.1, 0.15) is 19.0 Å². The summed E-state index contributed by atoms with van der Waals surface area (Å²) in [5, 5.41) is 2.47. The van der Waals surface area contributed by atoms with E-state index in [-0.39, 0.29) is 18.0 Å². The number of nitrogens with one attached hydrogen (secondary N) is 1. The van der Waals surface area contributed by atoms with Gasteiger partial charge in [0, 0.05) is 6.26 Å². The fourth-order valence-electron chi connectivity index (χ4n) is 1.11. The Bertz CT molecular complexity index is 579. The van der Waals surface area contributed by atoms with Gasteiger partial charge < -0.3 is 11.1 Å². The molecule has 1 unspecified atom stereocenters. The summed E-state index contributed by atoms with van der Waals surface area (Å²) in [7, 11) is -3.14. The SMILES string of the molecule is CS(=O)(=O)CCC(N)C(=O)Nc1ncc(Br)nc1Br. The first kappa shape index (κ1) is 16.5. The second-order valence-corrected chi connectivity index (χ2v) is 7.67. The van der Waals surface area contributed by atoms with Gasteiger partial charge in [-0.2, -0.15) is 0 Å². The van der Waals surface area contributed by atoms with Crippen LogP contribution >= 0.6 is 31.9 Å². The van der Waals surface area contributed by atoms with Crippen LogP contribution in [0, 0.1) is 0 Å². The molecule has 0 aromatic carbocycles. The van der Waals surface area contributed by atoms with E-state index in [2.05, 4.69) is 47.1 Å². The van der Waals surface area contributed by atoms with E-state index in [0.717, 1.165) is 6.26 Å². The number of nitrogens with zero attached hydrogens (tertiary/aromatic N) is 2. The molecule has 0 spiro atoms. The molecular weight excluding hydrogens is 404 g/mol. The second kappa shape index (κ2) is 6.73. The van der Waals surface area contributed by atoms with Gasteiger partial charge in [-0.25, -0.2) is 18.4 Å². The summed E-state index contributed by atoms with van der Waals surface area (Å²) in [6.07, 6.45) is 2.56. The second-order valence-electron chi connectivity index (χ2n) is 3.85. The fourth-order valence-corrected chi connectivity index (χ4v) is 2.70. The maximum absolute atomic E-state index is 11.7. The molecule has 0 aliphatic heterocycles. The van der Waals surface area contributed by atoms with Crippen LogP contribution in [0.5, 0.6) is 0 Å². The number of hydrogen-bond acceptors (Lipinski definition) is 6. The van der Waals surface area contributed by atoms with Crippen molar-refractivity contribution in [2.75, 3.05) is 17.3 Å². The highest BCUT2D eigenvalue weighted by atomic mass is 79.9. The first-order valence-electron chi connectivity index (χ1n) is 5.11. The van der Waals surface area contributed by atoms with E-state index < -0.39 is 21.8 Å². The Labute approximate surface area is 127 Å². The molecule has 19 heavy (non-hydrogen) atoms. The molecule has 1 rings (SSSR count). The van der Waals surface area contributed by atoms with Crippen LogP contribution in [0.15, 0.2) is 15.4 Å². The number of aromatic nitrogens is 2. The minimum atomic E-state index is -3.14.